The van der Waals surface area contributed by atoms with Gasteiger partial charge in [-0.05, 0) is 42.3 Å². The summed E-state index contributed by atoms with van der Waals surface area (Å²) in [6.45, 7) is 4.04. The first-order valence-electron chi connectivity index (χ1n) is 5.71. The molecule has 0 fully saturated rings. The quantitative estimate of drug-likeness (QED) is 0.920. The van der Waals surface area contributed by atoms with Gasteiger partial charge in [-0.1, -0.05) is 18.2 Å². The predicted octanol–water partition coefficient (Wildman–Crippen LogP) is 4.01. The van der Waals surface area contributed by atoms with Gasteiger partial charge in [0.25, 0.3) is 0 Å². The predicted molar refractivity (Wildman–Crippen MR) is 79.8 cm³/mol. The van der Waals surface area contributed by atoms with E-state index >= 15 is 0 Å². The number of nitrogens with two attached hydrogens (primary N) is 1. The summed E-state index contributed by atoms with van der Waals surface area (Å²) in [5.41, 5.74) is 8.44. The molecular weight excluding hydrogens is 266 g/mol. The fraction of sp³-hybridized carbons (Fsp3) is 0.286. The van der Waals surface area contributed by atoms with Crippen LogP contribution >= 0.6 is 23.7 Å². The van der Waals surface area contributed by atoms with E-state index in [1.807, 2.05) is 43.5 Å². The summed E-state index contributed by atoms with van der Waals surface area (Å²) in [6.07, 6.45) is 0.158. The first-order valence-corrected chi connectivity index (χ1v) is 6.66. The molecule has 1 aromatic carbocycles. The third kappa shape index (κ3) is 3.48. The van der Waals surface area contributed by atoms with Crippen LogP contribution in [0, 0.1) is 0 Å². The van der Waals surface area contributed by atoms with Crippen molar-refractivity contribution in [1.82, 2.24) is 0 Å². The summed E-state index contributed by atoms with van der Waals surface area (Å²) in [5, 5.41) is 4.12. The minimum atomic E-state index is -0.115. The smallest absolute Gasteiger partial charge is 0.124 e. The summed E-state index contributed by atoms with van der Waals surface area (Å²) in [6, 6.07) is 9.91. The summed E-state index contributed by atoms with van der Waals surface area (Å²) in [4.78, 5) is 0. The molecule has 0 amide bonds. The molecule has 0 aliphatic heterocycles. The van der Waals surface area contributed by atoms with E-state index in [0.717, 1.165) is 16.9 Å². The van der Waals surface area contributed by atoms with Crippen molar-refractivity contribution in [2.45, 2.75) is 26.0 Å². The first kappa shape index (κ1) is 15.0. The van der Waals surface area contributed by atoms with Crippen LogP contribution in [-0.4, -0.2) is 6.10 Å². The Labute approximate surface area is 118 Å². The maximum atomic E-state index is 6.26. The molecule has 98 valence electrons. The molecule has 0 spiro atoms. The molecule has 0 unspecified atom stereocenters. The number of halogens is 1. The molecule has 1 aromatic heterocycles. The molecule has 2 rings (SSSR count). The Hall–Kier alpha value is -1.03. The molecule has 2 N–H and O–H groups in total. The van der Waals surface area contributed by atoms with E-state index in [-0.39, 0.29) is 24.6 Å². The van der Waals surface area contributed by atoms with E-state index in [2.05, 4.69) is 11.4 Å². The zero-order chi connectivity index (χ0) is 12.3. The maximum absolute atomic E-state index is 6.26. The largest absolute Gasteiger partial charge is 0.491 e. The Balaban J connectivity index is 0.00000162. The Kier molecular flexibility index (Phi) is 5.66. The average Bonchev–Trinajstić information content (AvgIpc) is 2.81. The molecule has 0 aliphatic rings. The van der Waals surface area contributed by atoms with Crippen molar-refractivity contribution in [3.63, 3.8) is 0 Å². The molecule has 18 heavy (non-hydrogen) atoms. The van der Waals surface area contributed by atoms with Crippen molar-refractivity contribution in [3.8, 4) is 5.75 Å². The van der Waals surface area contributed by atoms with Crippen LogP contribution in [0.4, 0.5) is 0 Å². The van der Waals surface area contributed by atoms with E-state index in [1.54, 1.807) is 11.3 Å². The van der Waals surface area contributed by atoms with Gasteiger partial charge in [-0.3, -0.25) is 0 Å². The first-order chi connectivity index (χ1) is 8.18. The third-order valence-corrected chi connectivity index (χ3v) is 3.22. The molecule has 0 aliphatic carbocycles. The van der Waals surface area contributed by atoms with E-state index in [1.165, 1.54) is 0 Å². The number of ether oxygens (including phenoxy) is 1. The number of rotatable bonds is 4. The van der Waals surface area contributed by atoms with Gasteiger partial charge in [0.15, 0.2) is 0 Å². The van der Waals surface area contributed by atoms with Crippen molar-refractivity contribution in [3.05, 3.63) is 52.2 Å². The molecular formula is C14H18ClNOS. The summed E-state index contributed by atoms with van der Waals surface area (Å²) in [7, 11) is 0. The van der Waals surface area contributed by atoms with Crippen LogP contribution in [-0.2, 0) is 0 Å². The van der Waals surface area contributed by atoms with Crippen LogP contribution in [0.1, 0.15) is 31.0 Å². The summed E-state index contributed by atoms with van der Waals surface area (Å²) >= 11 is 1.66. The number of thiophene rings is 1. The Morgan fingerprint density at radius 1 is 1.17 bits per heavy atom. The van der Waals surface area contributed by atoms with Crippen molar-refractivity contribution in [1.29, 1.82) is 0 Å². The Morgan fingerprint density at radius 2 is 1.89 bits per heavy atom. The van der Waals surface area contributed by atoms with Gasteiger partial charge in [0, 0.05) is 5.56 Å². The highest BCUT2D eigenvalue weighted by molar-refractivity contribution is 7.08. The van der Waals surface area contributed by atoms with Gasteiger partial charge in [0.1, 0.15) is 5.75 Å². The zero-order valence-corrected chi connectivity index (χ0v) is 12.1. The van der Waals surface area contributed by atoms with Gasteiger partial charge in [-0.2, -0.15) is 11.3 Å². The molecule has 4 heteroatoms. The fourth-order valence-corrected chi connectivity index (χ4v) is 2.43. The van der Waals surface area contributed by atoms with Gasteiger partial charge >= 0.3 is 0 Å². The fourth-order valence-electron chi connectivity index (χ4n) is 1.73. The molecule has 2 nitrogen and oxygen atoms in total. The van der Waals surface area contributed by atoms with E-state index < -0.39 is 0 Å². The summed E-state index contributed by atoms with van der Waals surface area (Å²) < 4.78 is 5.79. The minimum Gasteiger partial charge on any atom is -0.491 e. The van der Waals surface area contributed by atoms with E-state index in [4.69, 9.17) is 10.5 Å². The number of hydrogen-bond acceptors (Lipinski definition) is 3. The monoisotopic (exact) mass is 283 g/mol. The van der Waals surface area contributed by atoms with Crippen LogP contribution in [0.3, 0.4) is 0 Å². The molecule has 0 saturated heterocycles. The van der Waals surface area contributed by atoms with Crippen molar-refractivity contribution < 1.29 is 4.74 Å². The lowest BCUT2D eigenvalue weighted by atomic mass is 10.0. The van der Waals surface area contributed by atoms with Gasteiger partial charge in [0.2, 0.25) is 0 Å². The normalized spacial score (nSPS) is 12.0. The van der Waals surface area contributed by atoms with E-state index in [9.17, 15) is 0 Å². The number of hydrogen-bond donors (Lipinski definition) is 1. The topological polar surface area (TPSA) is 35.2 Å². The SMILES string of the molecule is CC(C)Oc1ccccc1[C@@H](N)c1ccsc1.Cl. The van der Waals surface area contributed by atoms with Gasteiger partial charge in [0.05, 0.1) is 12.1 Å². The molecule has 1 heterocycles. The van der Waals surface area contributed by atoms with Gasteiger partial charge in [-0.25, -0.2) is 0 Å². The minimum absolute atomic E-state index is 0. The standard InChI is InChI=1S/C14H17NOS.ClH/c1-10(2)16-13-6-4-3-5-12(13)14(15)11-7-8-17-9-11;/h3-10,14H,15H2,1-2H3;1H/t14-;/m0./s1. The average molecular weight is 284 g/mol. The molecule has 0 bridgehead atoms. The molecule has 1 atom stereocenters. The highest BCUT2D eigenvalue weighted by Crippen LogP contribution is 2.29. The van der Waals surface area contributed by atoms with Crippen LogP contribution in [0.2, 0.25) is 0 Å². The molecule has 0 saturated carbocycles. The molecule has 0 radical (unpaired) electrons. The number of para-hydroxylation sites is 1. The second kappa shape index (κ2) is 6.78. The second-order valence-corrected chi connectivity index (χ2v) is 5.02. The summed E-state index contributed by atoms with van der Waals surface area (Å²) in [5.74, 6) is 0.876. The van der Waals surface area contributed by atoms with Crippen molar-refractivity contribution >= 4 is 23.7 Å². The molecule has 2 aromatic rings. The van der Waals surface area contributed by atoms with Gasteiger partial charge < -0.3 is 10.5 Å². The van der Waals surface area contributed by atoms with Crippen molar-refractivity contribution in [2.75, 3.05) is 0 Å². The van der Waals surface area contributed by atoms with Crippen LogP contribution in [0.25, 0.3) is 0 Å². The van der Waals surface area contributed by atoms with Crippen molar-refractivity contribution in [2.24, 2.45) is 5.73 Å². The maximum Gasteiger partial charge on any atom is 0.124 e. The highest BCUT2D eigenvalue weighted by Gasteiger charge is 2.14. The third-order valence-electron chi connectivity index (χ3n) is 2.52. The zero-order valence-electron chi connectivity index (χ0n) is 10.5. The lowest BCUT2D eigenvalue weighted by Crippen LogP contribution is -2.14. The lowest BCUT2D eigenvalue weighted by Gasteiger charge is -2.18. The number of benzene rings is 1. The van der Waals surface area contributed by atoms with Crippen LogP contribution in [0.15, 0.2) is 41.1 Å². The van der Waals surface area contributed by atoms with Gasteiger partial charge in [-0.15, -0.1) is 12.4 Å². The van der Waals surface area contributed by atoms with E-state index in [0.29, 0.717) is 0 Å². The van der Waals surface area contributed by atoms with Crippen LogP contribution in [0.5, 0.6) is 5.75 Å². The second-order valence-electron chi connectivity index (χ2n) is 4.24. The van der Waals surface area contributed by atoms with Crippen LogP contribution < -0.4 is 10.5 Å². The lowest BCUT2D eigenvalue weighted by molar-refractivity contribution is 0.239. The Morgan fingerprint density at radius 3 is 2.50 bits per heavy atom. The highest BCUT2D eigenvalue weighted by atomic mass is 35.5. The Bertz CT molecular complexity index is 470.